The molecule has 0 aromatic heterocycles. The van der Waals surface area contributed by atoms with Crippen LogP contribution < -0.4 is 5.32 Å². The molecule has 2 rings (SSSR count). The number of thioether (sulfide) groups is 1. The predicted octanol–water partition coefficient (Wildman–Crippen LogP) is 6.12. The summed E-state index contributed by atoms with van der Waals surface area (Å²) in [5, 5.41) is 4.02. The van der Waals surface area contributed by atoms with E-state index in [1.807, 2.05) is 52.0 Å². The molecular weight excluding hydrogens is 451 g/mol. The molecule has 2 aromatic carbocycles. The lowest BCUT2D eigenvalue weighted by Crippen LogP contribution is -2.51. The zero-order valence-corrected chi connectivity index (χ0v) is 20.8. The summed E-state index contributed by atoms with van der Waals surface area (Å²) < 4.78 is 0. The molecule has 0 heterocycles. The lowest BCUT2D eigenvalue weighted by atomic mass is 10.1. The fourth-order valence-corrected chi connectivity index (χ4v) is 4.31. The van der Waals surface area contributed by atoms with Crippen molar-refractivity contribution in [3.05, 3.63) is 63.6 Å². The Bertz CT molecular complexity index is 890. The summed E-state index contributed by atoms with van der Waals surface area (Å²) in [4.78, 5) is 28.9. The summed E-state index contributed by atoms with van der Waals surface area (Å²) >= 11 is 13.9. The van der Waals surface area contributed by atoms with Crippen molar-refractivity contribution >= 4 is 46.8 Å². The number of benzene rings is 2. The van der Waals surface area contributed by atoms with Gasteiger partial charge < -0.3 is 10.2 Å². The van der Waals surface area contributed by atoms with Crippen molar-refractivity contribution in [1.82, 2.24) is 10.2 Å². The van der Waals surface area contributed by atoms with E-state index in [0.717, 1.165) is 16.9 Å². The summed E-state index contributed by atoms with van der Waals surface area (Å²) in [5.41, 5.74) is 1.93. The molecule has 168 valence electrons. The Kier molecular flexibility index (Phi) is 10.2. The standard InChI is InChI=1S/C24H30Cl2N2O2S/c1-5-17(4)27-24(30)22(6-2)28(14-18-9-10-19(25)13-21(18)26)23(29)15-31-20-11-7-16(3)8-12-20/h7-13,17,22H,5-6,14-15H2,1-4H3,(H,27,30)/t17-,22+/m0/s1. The van der Waals surface area contributed by atoms with Crippen LogP contribution in [0, 0.1) is 6.92 Å². The molecule has 0 fully saturated rings. The number of carbonyl (C=O) groups excluding carboxylic acids is 2. The van der Waals surface area contributed by atoms with Crippen molar-refractivity contribution in [2.45, 2.75) is 64.1 Å². The number of hydrogen-bond donors (Lipinski definition) is 1. The molecule has 0 saturated carbocycles. The van der Waals surface area contributed by atoms with Crippen molar-refractivity contribution in [2.75, 3.05) is 5.75 Å². The molecule has 0 radical (unpaired) electrons. The van der Waals surface area contributed by atoms with Crippen LogP contribution in [-0.4, -0.2) is 34.6 Å². The molecule has 2 atom stereocenters. The van der Waals surface area contributed by atoms with E-state index in [1.165, 1.54) is 17.3 Å². The van der Waals surface area contributed by atoms with Crippen LogP contribution in [0.25, 0.3) is 0 Å². The largest absolute Gasteiger partial charge is 0.352 e. The number of aryl methyl sites for hydroxylation is 1. The van der Waals surface area contributed by atoms with Crippen molar-refractivity contribution in [2.24, 2.45) is 0 Å². The number of nitrogens with zero attached hydrogens (tertiary/aromatic N) is 1. The van der Waals surface area contributed by atoms with Crippen molar-refractivity contribution in [1.29, 1.82) is 0 Å². The Balaban J connectivity index is 2.24. The highest BCUT2D eigenvalue weighted by Gasteiger charge is 2.29. The highest BCUT2D eigenvalue weighted by molar-refractivity contribution is 8.00. The van der Waals surface area contributed by atoms with Crippen molar-refractivity contribution in [3.63, 3.8) is 0 Å². The van der Waals surface area contributed by atoms with Crippen LogP contribution in [0.5, 0.6) is 0 Å². The van der Waals surface area contributed by atoms with E-state index in [-0.39, 0.29) is 30.2 Å². The van der Waals surface area contributed by atoms with Gasteiger partial charge in [0.25, 0.3) is 0 Å². The SMILES string of the molecule is CC[C@H](C(=O)N[C@@H](C)CC)N(Cc1ccc(Cl)cc1Cl)C(=O)CSc1ccc(C)cc1. The van der Waals surface area contributed by atoms with E-state index in [4.69, 9.17) is 23.2 Å². The van der Waals surface area contributed by atoms with Crippen LogP contribution >= 0.6 is 35.0 Å². The molecule has 2 aromatic rings. The minimum absolute atomic E-state index is 0.0413. The maximum Gasteiger partial charge on any atom is 0.243 e. The van der Waals surface area contributed by atoms with Gasteiger partial charge in [0.2, 0.25) is 11.8 Å². The Morgan fingerprint density at radius 2 is 1.74 bits per heavy atom. The van der Waals surface area contributed by atoms with Gasteiger partial charge in [0.1, 0.15) is 6.04 Å². The number of hydrogen-bond acceptors (Lipinski definition) is 3. The highest BCUT2D eigenvalue weighted by atomic mass is 35.5. The van der Waals surface area contributed by atoms with Gasteiger partial charge in [-0.25, -0.2) is 0 Å². The van der Waals surface area contributed by atoms with Gasteiger partial charge in [-0.3, -0.25) is 9.59 Å². The van der Waals surface area contributed by atoms with E-state index >= 15 is 0 Å². The summed E-state index contributed by atoms with van der Waals surface area (Å²) in [6.45, 7) is 8.16. The number of amides is 2. The van der Waals surface area contributed by atoms with Crippen LogP contribution in [0.4, 0.5) is 0 Å². The van der Waals surface area contributed by atoms with Crippen molar-refractivity contribution in [3.8, 4) is 0 Å². The third kappa shape index (κ3) is 7.74. The van der Waals surface area contributed by atoms with Crippen LogP contribution in [0.2, 0.25) is 10.0 Å². The van der Waals surface area contributed by atoms with E-state index in [2.05, 4.69) is 5.32 Å². The Labute approximate surface area is 199 Å². The average Bonchev–Trinajstić information content (AvgIpc) is 2.74. The van der Waals surface area contributed by atoms with E-state index in [1.54, 1.807) is 23.1 Å². The van der Waals surface area contributed by atoms with Gasteiger partial charge in [-0.1, -0.05) is 60.8 Å². The van der Waals surface area contributed by atoms with Gasteiger partial charge in [0, 0.05) is 27.5 Å². The Hall–Kier alpha value is -1.69. The minimum atomic E-state index is -0.577. The van der Waals surface area contributed by atoms with Crippen LogP contribution in [0.15, 0.2) is 47.4 Å². The van der Waals surface area contributed by atoms with Gasteiger partial charge in [-0.2, -0.15) is 0 Å². The molecule has 0 saturated heterocycles. The van der Waals surface area contributed by atoms with Gasteiger partial charge in [-0.05, 0) is 56.5 Å². The highest BCUT2D eigenvalue weighted by Crippen LogP contribution is 2.25. The predicted molar refractivity (Wildman–Crippen MR) is 131 cm³/mol. The quantitative estimate of drug-likeness (QED) is 0.416. The monoisotopic (exact) mass is 480 g/mol. The lowest BCUT2D eigenvalue weighted by Gasteiger charge is -2.31. The van der Waals surface area contributed by atoms with E-state index in [9.17, 15) is 9.59 Å². The maximum atomic E-state index is 13.3. The Morgan fingerprint density at radius 3 is 2.32 bits per heavy atom. The first-order valence-corrected chi connectivity index (χ1v) is 12.2. The minimum Gasteiger partial charge on any atom is -0.352 e. The molecule has 0 spiro atoms. The zero-order chi connectivity index (χ0) is 23.0. The topological polar surface area (TPSA) is 49.4 Å². The molecule has 0 aliphatic heterocycles. The van der Waals surface area contributed by atoms with Crippen molar-refractivity contribution < 1.29 is 9.59 Å². The van der Waals surface area contributed by atoms with Crippen LogP contribution in [0.3, 0.4) is 0 Å². The first kappa shape index (κ1) is 25.6. The number of carbonyl (C=O) groups is 2. The fraction of sp³-hybridized carbons (Fsp3) is 0.417. The second kappa shape index (κ2) is 12.4. The molecule has 4 nitrogen and oxygen atoms in total. The Morgan fingerprint density at radius 1 is 1.06 bits per heavy atom. The summed E-state index contributed by atoms with van der Waals surface area (Å²) in [5.74, 6) is -0.0140. The number of halogens is 2. The summed E-state index contributed by atoms with van der Waals surface area (Å²) in [6.07, 6.45) is 1.33. The molecular formula is C24H30Cl2N2O2S. The van der Waals surface area contributed by atoms with Gasteiger partial charge in [-0.15, -0.1) is 11.8 Å². The second-order valence-corrected chi connectivity index (χ2v) is 9.49. The summed E-state index contributed by atoms with van der Waals surface area (Å²) in [7, 11) is 0. The molecule has 7 heteroatoms. The third-order valence-electron chi connectivity index (χ3n) is 5.13. The second-order valence-electron chi connectivity index (χ2n) is 7.60. The molecule has 31 heavy (non-hydrogen) atoms. The normalized spacial score (nSPS) is 12.8. The maximum absolute atomic E-state index is 13.3. The van der Waals surface area contributed by atoms with E-state index in [0.29, 0.717) is 16.5 Å². The summed E-state index contributed by atoms with van der Waals surface area (Å²) in [6, 6.07) is 12.7. The molecule has 0 aliphatic rings. The van der Waals surface area contributed by atoms with Crippen LogP contribution in [-0.2, 0) is 16.1 Å². The third-order valence-corrected chi connectivity index (χ3v) is 6.71. The average molecular weight is 481 g/mol. The smallest absolute Gasteiger partial charge is 0.243 e. The molecule has 0 aliphatic carbocycles. The lowest BCUT2D eigenvalue weighted by molar-refractivity contribution is -0.139. The van der Waals surface area contributed by atoms with E-state index < -0.39 is 6.04 Å². The van der Waals surface area contributed by atoms with Gasteiger partial charge in [0.05, 0.1) is 5.75 Å². The van der Waals surface area contributed by atoms with Gasteiger partial charge in [0.15, 0.2) is 0 Å². The number of rotatable bonds is 10. The zero-order valence-electron chi connectivity index (χ0n) is 18.5. The first-order valence-electron chi connectivity index (χ1n) is 10.5. The first-order chi connectivity index (χ1) is 14.7. The fourth-order valence-electron chi connectivity index (χ4n) is 3.06. The molecule has 0 unspecified atom stereocenters. The van der Waals surface area contributed by atoms with Crippen LogP contribution in [0.1, 0.15) is 44.7 Å². The molecule has 0 bridgehead atoms. The molecule has 1 N–H and O–H groups in total. The molecule has 2 amide bonds. The van der Waals surface area contributed by atoms with Gasteiger partial charge >= 0.3 is 0 Å². The number of nitrogens with one attached hydrogen (secondary N) is 1.